The van der Waals surface area contributed by atoms with Gasteiger partial charge in [-0.25, -0.2) is 0 Å². The lowest BCUT2D eigenvalue weighted by Crippen LogP contribution is -2.20. The number of aliphatic hydroxyl groups is 1. The van der Waals surface area contributed by atoms with E-state index in [0.717, 1.165) is 11.3 Å². The van der Waals surface area contributed by atoms with Gasteiger partial charge in [0.2, 0.25) is 11.8 Å². The van der Waals surface area contributed by atoms with Gasteiger partial charge in [-0.2, -0.15) is 0 Å². The van der Waals surface area contributed by atoms with E-state index in [2.05, 4.69) is 15.5 Å². The molecule has 0 saturated heterocycles. The SMILES string of the molecule is Cc1nnc(-c2ccc(NCC(O)CCl)cc2)o1. The molecule has 5 nitrogen and oxygen atoms in total. The molecule has 0 aliphatic carbocycles. The van der Waals surface area contributed by atoms with E-state index in [4.69, 9.17) is 16.0 Å². The number of nitrogens with one attached hydrogen (secondary N) is 1. The molecule has 2 rings (SSSR count). The maximum Gasteiger partial charge on any atom is 0.247 e. The van der Waals surface area contributed by atoms with Crippen LogP contribution in [-0.2, 0) is 0 Å². The topological polar surface area (TPSA) is 71.2 Å². The van der Waals surface area contributed by atoms with Crippen LogP contribution in [0.3, 0.4) is 0 Å². The highest BCUT2D eigenvalue weighted by Gasteiger charge is 2.06. The monoisotopic (exact) mass is 267 g/mol. The number of aromatic nitrogens is 2. The van der Waals surface area contributed by atoms with Crippen molar-refractivity contribution in [2.75, 3.05) is 17.7 Å². The van der Waals surface area contributed by atoms with Crippen molar-refractivity contribution in [1.29, 1.82) is 0 Å². The molecule has 0 amide bonds. The van der Waals surface area contributed by atoms with Crippen molar-refractivity contribution in [3.8, 4) is 11.5 Å². The highest BCUT2D eigenvalue weighted by atomic mass is 35.5. The van der Waals surface area contributed by atoms with Crippen molar-refractivity contribution in [2.24, 2.45) is 0 Å². The minimum absolute atomic E-state index is 0.215. The van der Waals surface area contributed by atoms with Gasteiger partial charge in [-0.1, -0.05) is 0 Å². The number of benzene rings is 1. The molecule has 1 heterocycles. The van der Waals surface area contributed by atoms with Gasteiger partial charge in [0, 0.05) is 24.7 Å². The summed E-state index contributed by atoms with van der Waals surface area (Å²) in [4.78, 5) is 0. The van der Waals surface area contributed by atoms with Crippen LogP contribution in [0.5, 0.6) is 0 Å². The number of hydrogen-bond donors (Lipinski definition) is 2. The number of anilines is 1. The summed E-state index contributed by atoms with van der Waals surface area (Å²) < 4.78 is 5.32. The minimum Gasteiger partial charge on any atom is -0.421 e. The normalized spacial score (nSPS) is 12.4. The molecule has 18 heavy (non-hydrogen) atoms. The van der Waals surface area contributed by atoms with E-state index in [9.17, 15) is 5.11 Å². The van der Waals surface area contributed by atoms with Crippen LogP contribution in [0.15, 0.2) is 28.7 Å². The molecule has 0 radical (unpaired) electrons. The van der Waals surface area contributed by atoms with Crippen LogP contribution in [0.1, 0.15) is 5.89 Å². The van der Waals surface area contributed by atoms with Gasteiger partial charge in [-0.3, -0.25) is 0 Å². The van der Waals surface area contributed by atoms with Gasteiger partial charge in [0.25, 0.3) is 0 Å². The zero-order valence-corrected chi connectivity index (χ0v) is 10.7. The molecular weight excluding hydrogens is 254 g/mol. The van der Waals surface area contributed by atoms with Crippen molar-refractivity contribution in [1.82, 2.24) is 10.2 Å². The molecule has 2 N–H and O–H groups in total. The first kappa shape index (κ1) is 12.9. The lowest BCUT2D eigenvalue weighted by molar-refractivity contribution is 0.211. The second-order valence-corrected chi connectivity index (χ2v) is 4.20. The summed E-state index contributed by atoms with van der Waals surface area (Å²) in [7, 11) is 0. The minimum atomic E-state index is -0.551. The van der Waals surface area contributed by atoms with E-state index < -0.39 is 6.10 Å². The van der Waals surface area contributed by atoms with Crippen LogP contribution >= 0.6 is 11.6 Å². The van der Waals surface area contributed by atoms with Crippen LogP contribution in [0, 0.1) is 6.92 Å². The summed E-state index contributed by atoms with van der Waals surface area (Å²) in [5.74, 6) is 1.25. The van der Waals surface area contributed by atoms with E-state index in [1.807, 2.05) is 24.3 Å². The molecular formula is C12H14ClN3O2. The maximum absolute atomic E-state index is 9.33. The maximum atomic E-state index is 9.33. The van der Waals surface area contributed by atoms with Gasteiger partial charge in [-0.15, -0.1) is 21.8 Å². The predicted octanol–water partition coefficient (Wildman–Crippen LogP) is 2.06. The van der Waals surface area contributed by atoms with Crippen molar-refractivity contribution in [3.05, 3.63) is 30.2 Å². The molecule has 96 valence electrons. The highest BCUT2D eigenvalue weighted by Crippen LogP contribution is 2.19. The van der Waals surface area contributed by atoms with E-state index in [-0.39, 0.29) is 5.88 Å². The van der Waals surface area contributed by atoms with E-state index in [1.54, 1.807) is 6.92 Å². The summed E-state index contributed by atoms with van der Waals surface area (Å²) in [5, 5.41) is 20.1. The lowest BCUT2D eigenvalue weighted by Gasteiger charge is -2.09. The molecule has 0 bridgehead atoms. The number of halogens is 1. The molecule has 6 heteroatoms. The Morgan fingerprint density at radius 2 is 2.06 bits per heavy atom. The number of rotatable bonds is 5. The van der Waals surface area contributed by atoms with Crippen LogP contribution in [0.4, 0.5) is 5.69 Å². The van der Waals surface area contributed by atoms with Crippen molar-refractivity contribution in [3.63, 3.8) is 0 Å². The van der Waals surface area contributed by atoms with Crippen LogP contribution < -0.4 is 5.32 Å². The zero-order chi connectivity index (χ0) is 13.0. The second kappa shape index (κ2) is 5.84. The Morgan fingerprint density at radius 1 is 1.33 bits per heavy atom. The van der Waals surface area contributed by atoms with Gasteiger partial charge >= 0.3 is 0 Å². The summed E-state index contributed by atoms with van der Waals surface area (Å²) in [5.41, 5.74) is 1.76. The standard InChI is InChI=1S/C12H14ClN3O2/c1-8-15-16-12(18-8)9-2-4-10(5-3-9)14-7-11(17)6-13/h2-5,11,14,17H,6-7H2,1H3. The smallest absolute Gasteiger partial charge is 0.247 e. The molecule has 0 spiro atoms. The van der Waals surface area contributed by atoms with Gasteiger partial charge in [0.15, 0.2) is 0 Å². The van der Waals surface area contributed by atoms with E-state index in [1.165, 1.54) is 0 Å². The average molecular weight is 268 g/mol. The highest BCUT2D eigenvalue weighted by molar-refractivity contribution is 6.18. The van der Waals surface area contributed by atoms with Crippen molar-refractivity contribution in [2.45, 2.75) is 13.0 Å². The van der Waals surface area contributed by atoms with E-state index >= 15 is 0 Å². The average Bonchev–Trinajstić information content (AvgIpc) is 2.83. The molecule has 2 aromatic rings. The molecule has 0 aliphatic heterocycles. The fourth-order valence-corrected chi connectivity index (χ4v) is 1.54. The van der Waals surface area contributed by atoms with Crippen LogP contribution in [-0.4, -0.2) is 33.8 Å². The lowest BCUT2D eigenvalue weighted by atomic mass is 10.2. The Hall–Kier alpha value is -1.59. The van der Waals surface area contributed by atoms with Crippen LogP contribution in [0.25, 0.3) is 11.5 Å². The Bertz CT molecular complexity index is 498. The first-order valence-corrected chi connectivity index (χ1v) is 6.11. The Balaban J connectivity index is 2.01. The van der Waals surface area contributed by atoms with Gasteiger partial charge in [0.1, 0.15) is 0 Å². The quantitative estimate of drug-likeness (QED) is 0.812. The van der Waals surface area contributed by atoms with Crippen LogP contribution in [0.2, 0.25) is 0 Å². The number of aryl methyl sites for hydroxylation is 1. The first-order chi connectivity index (χ1) is 8.69. The van der Waals surface area contributed by atoms with Crippen molar-refractivity contribution < 1.29 is 9.52 Å². The summed E-state index contributed by atoms with van der Waals surface area (Å²) in [6.45, 7) is 2.17. The number of alkyl halides is 1. The summed E-state index contributed by atoms with van der Waals surface area (Å²) in [6.07, 6.45) is -0.551. The number of aliphatic hydroxyl groups excluding tert-OH is 1. The zero-order valence-electron chi connectivity index (χ0n) is 9.93. The Kier molecular flexibility index (Phi) is 4.17. The van der Waals surface area contributed by atoms with Gasteiger partial charge < -0.3 is 14.8 Å². The molecule has 0 saturated carbocycles. The van der Waals surface area contributed by atoms with Gasteiger partial charge in [0.05, 0.1) is 12.0 Å². The molecule has 1 aromatic heterocycles. The Morgan fingerprint density at radius 3 is 2.61 bits per heavy atom. The van der Waals surface area contributed by atoms with E-state index in [0.29, 0.717) is 18.3 Å². The number of hydrogen-bond acceptors (Lipinski definition) is 5. The summed E-state index contributed by atoms with van der Waals surface area (Å²) >= 11 is 5.51. The third-order valence-corrected chi connectivity index (χ3v) is 2.73. The fraction of sp³-hybridized carbons (Fsp3) is 0.333. The predicted molar refractivity (Wildman–Crippen MR) is 69.7 cm³/mol. The molecule has 1 aromatic carbocycles. The first-order valence-electron chi connectivity index (χ1n) is 5.57. The van der Waals surface area contributed by atoms with Crippen molar-refractivity contribution >= 4 is 17.3 Å². The van der Waals surface area contributed by atoms with Gasteiger partial charge in [-0.05, 0) is 24.3 Å². The third-order valence-electron chi connectivity index (χ3n) is 2.38. The Labute approximate surface area is 110 Å². The molecule has 1 atom stereocenters. The number of nitrogens with zero attached hydrogens (tertiary/aromatic N) is 2. The second-order valence-electron chi connectivity index (χ2n) is 3.89. The fourth-order valence-electron chi connectivity index (χ4n) is 1.43. The largest absolute Gasteiger partial charge is 0.421 e. The molecule has 0 aliphatic rings. The molecule has 0 fully saturated rings. The summed E-state index contributed by atoms with van der Waals surface area (Å²) in [6, 6.07) is 7.52. The third kappa shape index (κ3) is 3.21. The molecule has 1 unspecified atom stereocenters.